The highest BCUT2D eigenvalue weighted by atomic mass is 35.5. The molecule has 0 atom stereocenters. The van der Waals surface area contributed by atoms with Crippen molar-refractivity contribution in [2.75, 3.05) is 0 Å². The summed E-state index contributed by atoms with van der Waals surface area (Å²) in [5, 5.41) is 0.250. The second-order valence-corrected chi connectivity index (χ2v) is 7.48. The molecule has 0 heterocycles. The van der Waals surface area contributed by atoms with Crippen LogP contribution in [0.5, 0.6) is 0 Å². The zero-order chi connectivity index (χ0) is 14.2. The van der Waals surface area contributed by atoms with Crippen LogP contribution in [0.4, 0.5) is 0 Å². The molecule has 1 aliphatic carbocycles. The first kappa shape index (κ1) is 17.7. The Labute approximate surface area is 131 Å². The van der Waals surface area contributed by atoms with Crippen LogP contribution >= 0.6 is 24.0 Å². The lowest BCUT2D eigenvalue weighted by Gasteiger charge is -2.32. The summed E-state index contributed by atoms with van der Waals surface area (Å²) in [5.41, 5.74) is 6.61. The number of nitrogens with two attached hydrogens (primary N) is 1. The molecule has 1 aliphatic rings. The Kier molecular flexibility index (Phi) is 5.87. The second-order valence-electron chi connectivity index (χ2n) is 5.39. The van der Waals surface area contributed by atoms with Gasteiger partial charge in [-0.25, -0.2) is 13.1 Å². The van der Waals surface area contributed by atoms with Gasteiger partial charge in [0.2, 0.25) is 10.0 Å². The fourth-order valence-electron chi connectivity index (χ4n) is 2.13. The molecule has 0 radical (unpaired) electrons. The molecule has 0 aliphatic heterocycles. The van der Waals surface area contributed by atoms with Gasteiger partial charge in [-0.05, 0) is 36.5 Å². The minimum atomic E-state index is -3.57. The molecule has 0 saturated heterocycles. The van der Waals surface area contributed by atoms with Gasteiger partial charge in [-0.15, -0.1) is 12.4 Å². The molecule has 114 valence electrons. The number of hydrogen-bond donors (Lipinski definition) is 2. The van der Waals surface area contributed by atoms with Crippen LogP contribution in [0.3, 0.4) is 0 Å². The van der Waals surface area contributed by atoms with E-state index in [-0.39, 0.29) is 40.3 Å². The van der Waals surface area contributed by atoms with E-state index in [1.54, 1.807) is 12.1 Å². The number of halogens is 2. The maximum atomic E-state index is 12.3. The van der Waals surface area contributed by atoms with Crippen LogP contribution in [-0.2, 0) is 10.0 Å². The van der Waals surface area contributed by atoms with E-state index in [1.165, 1.54) is 0 Å². The minimum absolute atomic E-state index is 0. The first-order valence-electron chi connectivity index (χ1n) is 6.37. The largest absolute Gasteiger partial charge is 0.328 e. The van der Waals surface area contributed by atoms with E-state index in [9.17, 15) is 8.42 Å². The average Bonchev–Trinajstić information content (AvgIpc) is 2.26. The molecule has 3 N–H and O–H groups in total. The zero-order valence-electron chi connectivity index (χ0n) is 11.5. The molecule has 1 saturated carbocycles. The number of benzene rings is 1. The highest BCUT2D eigenvalue weighted by Gasteiger charge is 2.31. The highest BCUT2D eigenvalue weighted by molar-refractivity contribution is 7.89. The van der Waals surface area contributed by atoms with E-state index in [2.05, 4.69) is 4.72 Å². The van der Waals surface area contributed by atoms with Gasteiger partial charge < -0.3 is 5.73 Å². The van der Waals surface area contributed by atoms with Crippen LogP contribution in [0.1, 0.15) is 38.2 Å². The maximum Gasteiger partial charge on any atom is 0.242 e. The van der Waals surface area contributed by atoms with Gasteiger partial charge in [-0.3, -0.25) is 0 Å². The van der Waals surface area contributed by atoms with E-state index in [0.29, 0.717) is 12.8 Å². The molecule has 20 heavy (non-hydrogen) atoms. The van der Waals surface area contributed by atoms with Crippen molar-refractivity contribution in [1.82, 2.24) is 4.72 Å². The third kappa shape index (κ3) is 3.86. The lowest BCUT2D eigenvalue weighted by atomic mass is 9.89. The van der Waals surface area contributed by atoms with Crippen molar-refractivity contribution in [2.24, 2.45) is 5.73 Å². The molecule has 1 aromatic carbocycles. The van der Waals surface area contributed by atoms with Crippen molar-refractivity contribution in [3.63, 3.8) is 0 Å². The van der Waals surface area contributed by atoms with Gasteiger partial charge in [0, 0.05) is 12.1 Å². The molecule has 0 amide bonds. The summed E-state index contributed by atoms with van der Waals surface area (Å²) in [4.78, 5) is 0.154. The van der Waals surface area contributed by atoms with Crippen LogP contribution < -0.4 is 10.5 Å². The van der Waals surface area contributed by atoms with Gasteiger partial charge in [0.05, 0.1) is 5.02 Å². The van der Waals surface area contributed by atoms with Gasteiger partial charge >= 0.3 is 0 Å². The fourth-order valence-corrected chi connectivity index (χ4v) is 3.92. The molecule has 1 fully saturated rings. The Hall–Kier alpha value is -0.330. The fraction of sp³-hybridized carbons (Fsp3) is 0.538. The van der Waals surface area contributed by atoms with Gasteiger partial charge in [-0.2, -0.15) is 0 Å². The lowest BCUT2D eigenvalue weighted by Crippen LogP contribution is -2.50. The predicted octanol–water partition coefficient (Wildman–Crippen LogP) is 2.65. The van der Waals surface area contributed by atoms with Crippen LogP contribution in [0.15, 0.2) is 23.1 Å². The Morgan fingerprint density at radius 1 is 1.35 bits per heavy atom. The SMILES string of the molecule is CC(C)c1ccc(Cl)c(S(=O)(=O)NC2CC(N)C2)c1.Cl. The number of rotatable bonds is 4. The Bertz CT molecular complexity index is 570. The minimum Gasteiger partial charge on any atom is -0.328 e. The number of hydrogen-bond acceptors (Lipinski definition) is 3. The smallest absolute Gasteiger partial charge is 0.242 e. The van der Waals surface area contributed by atoms with Crippen molar-refractivity contribution in [1.29, 1.82) is 0 Å². The summed E-state index contributed by atoms with van der Waals surface area (Å²) in [5.74, 6) is 0.253. The molecule has 4 nitrogen and oxygen atoms in total. The van der Waals surface area contributed by atoms with Crippen molar-refractivity contribution < 1.29 is 8.42 Å². The standard InChI is InChI=1S/C13H19ClN2O2S.ClH/c1-8(2)9-3-4-12(14)13(5-9)19(17,18)16-11-6-10(15)7-11;/h3-5,8,10-11,16H,6-7,15H2,1-2H3;1H. The molecule has 2 rings (SSSR count). The third-order valence-electron chi connectivity index (χ3n) is 3.41. The summed E-state index contributed by atoms with van der Waals surface area (Å²) in [6, 6.07) is 5.17. The zero-order valence-corrected chi connectivity index (χ0v) is 13.9. The summed E-state index contributed by atoms with van der Waals surface area (Å²) in [6.07, 6.45) is 1.36. The summed E-state index contributed by atoms with van der Waals surface area (Å²) in [7, 11) is -3.57. The average molecular weight is 339 g/mol. The molecule has 0 spiro atoms. The molecule has 0 unspecified atom stereocenters. The monoisotopic (exact) mass is 338 g/mol. The van der Waals surface area contributed by atoms with Crippen LogP contribution in [0, 0.1) is 0 Å². The quantitative estimate of drug-likeness (QED) is 0.886. The molecule has 7 heteroatoms. The van der Waals surface area contributed by atoms with Gasteiger partial charge in [-0.1, -0.05) is 31.5 Å². The van der Waals surface area contributed by atoms with E-state index >= 15 is 0 Å². The van der Waals surface area contributed by atoms with Crippen molar-refractivity contribution >= 4 is 34.0 Å². The number of nitrogens with one attached hydrogen (secondary N) is 1. The van der Waals surface area contributed by atoms with E-state index < -0.39 is 10.0 Å². The van der Waals surface area contributed by atoms with Crippen LogP contribution in [-0.4, -0.2) is 20.5 Å². The lowest BCUT2D eigenvalue weighted by molar-refractivity contribution is 0.327. The number of sulfonamides is 1. The Morgan fingerprint density at radius 3 is 2.45 bits per heavy atom. The summed E-state index contributed by atoms with van der Waals surface area (Å²) >= 11 is 6.01. The van der Waals surface area contributed by atoms with Crippen molar-refractivity contribution in [3.05, 3.63) is 28.8 Å². The first-order chi connectivity index (χ1) is 8.79. The predicted molar refractivity (Wildman–Crippen MR) is 84.1 cm³/mol. The molecular weight excluding hydrogens is 319 g/mol. The van der Waals surface area contributed by atoms with E-state index in [4.69, 9.17) is 17.3 Å². The summed E-state index contributed by atoms with van der Waals surface area (Å²) in [6.45, 7) is 4.02. The van der Waals surface area contributed by atoms with E-state index in [1.807, 2.05) is 19.9 Å². The third-order valence-corrected chi connectivity index (χ3v) is 5.41. The first-order valence-corrected chi connectivity index (χ1v) is 8.23. The Morgan fingerprint density at radius 2 is 1.95 bits per heavy atom. The van der Waals surface area contributed by atoms with Crippen molar-refractivity contribution in [2.45, 2.75) is 49.6 Å². The Balaban J connectivity index is 0.00000200. The van der Waals surface area contributed by atoms with Crippen molar-refractivity contribution in [3.8, 4) is 0 Å². The molecule has 0 bridgehead atoms. The van der Waals surface area contributed by atoms with Gasteiger partial charge in [0.25, 0.3) is 0 Å². The van der Waals surface area contributed by atoms with Gasteiger partial charge in [0.1, 0.15) is 4.90 Å². The normalized spacial score (nSPS) is 22.2. The second kappa shape index (κ2) is 6.62. The van der Waals surface area contributed by atoms with E-state index in [0.717, 1.165) is 5.56 Å². The maximum absolute atomic E-state index is 12.3. The molecule has 1 aromatic rings. The molecular formula is C13H20Cl2N2O2S. The summed E-state index contributed by atoms with van der Waals surface area (Å²) < 4.78 is 27.3. The topological polar surface area (TPSA) is 72.2 Å². The molecule has 0 aromatic heterocycles. The van der Waals surface area contributed by atoms with Crippen LogP contribution in [0.25, 0.3) is 0 Å². The van der Waals surface area contributed by atoms with Crippen LogP contribution in [0.2, 0.25) is 5.02 Å². The van der Waals surface area contributed by atoms with Gasteiger partial charge in [0.15, 0.2) is 0 Å². The highest BCUT2D eigenvalue weighted by Crippen LogP contribution is 2.28.